The highest BCUT2D eigenvalue weighted by Gasteiger charge is 2.27. The number of nitrogens with two attached hydrogens (primary N) is 1. The Morgan fingerprint density at radius 3 is 3.06 bits per heavy atom. The normalized spacial score (nSPS) is 23.0. The standard InChI is InChI=1S/C13H18BrFN2S/c1-9-8-18-5-4-17(9)13(7-16)11-6-10(15)2-3-12(11)14/h2-3,6,9,13H,4-5,7-8,16H2,1H3. The van der Waals surface area contributed by atoms with E-state index in [1.54, 1.807) is 12.1 Å². The molecule has 2 rings (SSSR count). The van der Waals surface area contributed by atoms with Crippen molar-refractivity contribution in [3.8, 4) is 0 Å². The fourth-order valence-corrected chi connectivity index (χ4v) is 3.96. The van der Waals surface area contributed by atoms with Crippen LogP contribution >= 0.6 is 27.7 Å². The summed E-state index contributed by atoms with van der Waals surface area (Å²) in [6.07, 6.45) is 0. The maximum absolute atomic E-state index is 13.4. The van der Waals surface area contributed by atoms with E-state index in [1.165, 1.54) is 6.07 Å². The summed E-state index contributed by atoms with van der Waals surface area (Å²) in [6, 6.07) is 5.39. The van der Waals surface area contributed by atoms with Gasteiger partial charge in [-0.1, -0.05) is 15.9 Å². The summed E-state index contributed by atoms with van der Waals surface area (Å²) < 4.78 is 14.4. The Morgan fingerprint density at radius 2 is 2.39 bits per heavy atom. The Labute approximate surface area is 120 Å². The zero-order chi connectivity index (χ0) is 13.1. The van der Waals surface area contributed by atoms with Gasteiger partial charge in [-0.05, 0) is 30.7 Å². The lowest BCUT2D eigenvalue weighted by molar-refractivity contribution is 0.165. The molecule has 2 atom stereocenters. The van der Waals surface area contributed by atoms with Crippen LogP contribution in [-0.4, -0.2) is 35.5 Å². The summed E-state index contributed by atoms with van der Waals surface area (Å²) in [7, 11) is 0. The number of halogens is 2. The molecule has 1 aliphatic rings. The molecule has 0 aliphatic carbocycles. The molecule has 1 aliphatic heterocycles. The quantitative estimate of drug-likeness (QED) is 0.922. The van der Waals surface area contributed by atoms with Crippen LogP contribution in [0.2, 0.25) is 0 Å². The Hall–Kier alpha value is -0.100. The molecule has 0 amide bonds. The molecule has 2 unspecified atom stereocenters. The highest BCUT2D eigenvalue weighted by atomic mass is 79.9. The summed E-state index contributed by atoms with van der Waals surface area (Å²) in [4.78, 5) is 2.38. The topological polar surface area (TPSA) is 29.3 Å². The number of hydrogen-bond acceptors (Lipinski definition) is 3. The molecule has 1 aromatic rings. The molecule has 0 radical (unpaired) electrons. The Kier molecular flexibility index (Phi) is 5.06. The van der Waals surface area contributed by atoms with Crippen molar-refractivity contribution < 1.29 is 4.39 Å². The Morgan fingerprint density at radius 1 is 1.61 bits per heavy atom. The van der Waals surface area contributed by atoms with Gasteiger partial charge in [0.1, 0.15) is 5.82 Å². The minimum atomic E-state index is -0.203. The lowest BCUT2D eigenvalue weighted by Crippen LogP contribution is -2.45. The maximum Gasteiger partial charge on any atom is 0.123 e. The van der Waals surface area contributed by atoms with E-state index >= 15 is 0 Å². The van der Waals surface area contributed by atoms with E-state index < -0.39 is 0 Å². The minimum absolute atomic E-state index is 0.0889. The van der Waals surface area contributed by atoms with Crippen LogP contribution in [0.3, 0.4) is 0 Å². The first-order valence-corrected chi connectivity index (χ1v) is 8.06. The fraction of sp³-hybridized carbons (Fsp3) is 0.538. The van der Waals surface area contributed by atoms with E-state index in [0.717, 1.165) is 28.1 Å². The van der Waals surface area contributed by atoms with Gasteiger partial charge < -0.3 is 5.73 Å². The van der Waals surface area contributed by atoms with E-state index in [-0.39, 0.29) is 11.9 Å². The van der Waals surface area contributed by atoms with Crippen molar-refractivity contribution in [2.75, 3.05) is 24.6 Å². The van der Waals surface area contributed by atoms with Crippen LogP contribution in [0.5, 0.6) is 0 Å². The average molecular weight is 333 g/mol. The molecule has 1 fully saturated rings. The lowest BCUT2D eigenvalue weighted by Gasteiger charge is -2.39. The van der Waals surface area contributed by atoms with E-state index in [9.17, 15) is 4.39 Å². The van der Waals surface area contributed by atoms with Gasteiger partial charge in [0, 0.05) is 41.2 Å². The van der Waals surface area contributed by atoms with Crippen molar-refractivity contribution >= 4 is 27.7 Å². The molecule has 1 heterocycles. The maximum atomic E-state index is 13.4. The highest BCUT2D eigenvalue weighted by molar-refractivity contribution is 9.10. The van der Waals surface area contributed by atoms with Gasteiger partial charge in [-0.2, -0.15) is 11.8 Å². The lowest BCUT2D eigenvalue weighted by atomic mass is 10.0. The minimum Gasteiger partial charge on any atom is -0.329 e. The first kappa shape index (κ1) is 14.3. The largest absolute Gasteiger partial charge is 0.329 e. The number of thioether (sulfide) groups is 1. The van der Waals surface area contributed by atoms with Gasteiger partial charge in [0.2, 0.25) is 0 Å². The second-order valence-electron chi connectivity index (χ2n) is 4.58. The molecule has 2 N–H and O–H groups in total. The van der Waals surface area contributed by atoms with Crippen molar-refractivity contribution in [1.82, 2.24) is 4.90 Å². The number of nitrogens with zero attached hydrogens (tertiary/aromatic N) is 1. The monoisotopic (exact) mass is 332 g/mol. The third-order valence-electron chi connectivity index (χ3n) is 3.36. The Balaban J connectivity index is 2.29. The molecule has 0 aromatic heterocycles. The molecule has 1 aromatic carbocycles. The van der Waals surface area contributed by atoms with Crippen LogP contribution in [0.15, 0.2) is 22.7 Å². The van der Waals surface area contributed by atoms with E-state index in [1.807, 2.05) is 11.8 Å². The van der Waals surface area contributed by atoms with Gasteiger partial charge in [0.15, 0.2) is 0 Å². The summed E-state index contributed by atoms with van der Waals surface area (Å²) in [6.45, 7) is 3.73. The second-order valence-corrected chi connectivity index (χ2v) is 6.58. The van der Waals surface area contributed by atoms with Crippen molar-refractivity contribution in [1.29, 1.82) is 0 Å². The van der Waals surface area contributed by atoms with Gasteiger partial charge in [-0.3, -0.25) is 4.90 Å². The fourth-order valence-electron chi connectivity index (χ4n) is 2.41. The summed E-state index contributed by atoms with van der Waals surface area (Å²) >= 11 is 5.47. The van der Waals surface area contributed by atoms with Crippen molar-refractivity contribution in [2.24, 2.45) is 5.73 Å². The number of hydrogen-bond donors (Lipinski definition) is 1. The van der Waals surface area contributed by atoms with Crippen LogP contribution in [0.25, 0.3) is 0 Å². The van der Waals surface area contributed by atoms with Crippen LogP contribution in [0, 0.1) is 5.82 Å². The van der Waals surface area contributed by atoms with Gasteiger partial charge in [0.25, 0.3) is 0 Å². The molecule has 5 heteroatoms. The zero-order valence-electron chi connectivity index (χ0n) is 10.4. The van der Waals surface area contributed by atoms with Crippen LogP contribution < -0.4 is 5.73 Å². The average Bonchev–Trinajstić information content (AvgIpc) is 2.36. The van der Waals surface area contributed by atoms with E-state index in [4.69, 9.17) is 5.73 Å². The smallest absolute Gasteiger partial charge is 0.123 e. The third-order valence-corrected chi connectivity index (χ3v) is 5.27. The number of benzene rings is 1. The molecule has 0 spiro atoms. The molecule has 18 heavy (non-hydrogen) atoms. The van der Waals surface area contributed by atoms with Gasteiger partial charge in [0.05, 0.1) is 0 Å². The van der Waals surface area contributed by atoms with Crippen molar-refractivity contribution in [3.05, 3.63) is 34.1 Å². The zero-order valence-corrected chi connectivity index (χ0v) is 12.8. The van der Waals surface area contributed by atoms with Crippen molar-refractivity contribution in [3.63, 3.8) is 0 Å². The Bertz CT molecular complexity index is 416. The third kappa shape index (κ3) is 3.07. The molecule has 2 nitrogen and oxygen atoms in total. The van der Waals surface area contributed by atoms with Crippen LogP contribution in [0.1, 0.15) is 18.5 Å². The molecule has 0 bridgehead atoms. The van der Waals surface area contributed by atoms with Crippen LogP contribution in [-0.2, 0) is 0 Å². The summed E-state index contributed by atoms with van der Waals surface area (Å²) in [5, 5.41) is 0. The van der Waals surface area contributed by atoms with Gasteiger partial charge >= 0.3 is 0 Å². The number of rotatable bonds is 3. The molecular formula is C13H18BrFN2S. The summed E-state index contributed by atoms with van der Waals surface area (Å²) in [5.41, 5.74) is 6.88. The van der Waals surface area contributed by atoms with E-state index in [2.05, 4.69) is 27.8 Å². The predicted molar refractivity (Wildman–Crippen MR) is 79.4 cm³/mol. The van der Waals surface area contributed by atoms with Gasteiger partial charge in [-0.15, -0.1) is 0 Å². The molecule has 1 saturated heterocycles. The first-order valence-electron chi connectivity index (χ1n) is 6.12. The predicted octanol–water partition coefficient (Wildman–Crippen LogP) is 3.03. The highest BCUT2D eigenvalue weighted by Crippen LogP contribution is 2.31. The van der Waals surface area contributed by atoms with Gasteiger partial charge in [-0.25, -0.2) is 4.39 Å². The first-order chi connectivity index (χ1) is 8.63. The van der Waals surface area contributed by atoms with Crippen LogP contribution in [0.4, 0.5) is 4.39 Å². The second kappa shape index (κ2) is 6.37. The van der Waals surface area contributed by atoms with Crippen molar-refractivity contribution in [2.45, 2.75) is 19.0 Å². The summed E-state index contributed by atoms with van der Waals surface area (Å²) in [5.74, 6) is 2.03. The molecule has 0 saturated carbocycles. The van der Waals surface area contributed by atoms with E-state index in [0.29, 0.717) is 12.6 Å². The SMILES string of the molecule is CC1CSCCN1C(CN)c1cc(F)ccc1Br. The molecular weight excluding hydrogens is 315 g/mol. The molecule has 100 valence electrons.